The molecular formula is C17H18N4O3. The van der Waals surface area contributed by atoms with Crippen LogP contribution >= 0.6 is 0 Å². The van der Waals surface area contributed by atoms with Crippen LogP contribution in [0.15, 0.2) is 42.6 Å². The van der Waals surface area contributed by atoms with Gasteiger partial charge in [0.05, 0.1) is 18.4 Å². The van der Waals surface area contributed by atoms with Crippen molar-refractivity contribution in [1.29, 1.82) is 0 Å². The molecule has 3 N–H and O–H groups in total. The standard InChI is InChI=1S/C17H18N4O3/c1-24-14-5-3-2-4-13(14)21-9-8-12(17(21)23)20-15-7-6-11(10-19-15)16(18)22/h2-7,10,12H,8-9H2,1H3,(H2,18,22)(H,19,20). The summed E-state index contributed by atoms with van der Waals surface area (Å²) < 4.78 is 5.32. The number of benzene rings is 1. The highest BCUT2D eigenvalue weighted by molar-refractivity contribution is 6.02. The van der Waals surface area contributed by atoms with E-state index in [1.54, 1.807) is 24.1 Å². The molecule has 1 aromatic heterocycles. The Bertz CT molecular complexity index is 761. The molecule has 1 saturated heterocycles. The highest BCUT2D eigenvalue weighted by Gasteiger charge is 2.34. The van der Waals surface area contributed by atoms with Crippen molar-refractivity contribution in [1.82, 2.24) is 4.98 Å². The lowest BCUT2D eigenvalue weighted by Crippen LogP contribution is -2.33. The van der Waals surface area contributed by atoms with Crippen LogP contribution < -0.4 is 20.7 Å². The molecule has 1 aliphatic rings. The number of nitrogens with one attached hydrogen (secondary N) is 1. The van der Waals surface area contributed by atoms with E-state index < -0.39 is 5.91 Å². The molecule has 3 rings (SSSR count). The Morgan fingerprint density at radius 2 is 2.12 bits per heavy atom. The second kappa shape index (κ2) is 6.57. The number of para-hydroxylation sites is 2. The number of ether oxygens (including phenoxy) is 1. The number of pyridine rings is 1. The summed E-state index contributed by atoms with van der Waals surface area (Å²) in [6.45, 7) is 0.593. The van der Waals surface area contributed by atoms with Gasteiger partial charge in [-0.15, -0.1) is 0 Å². The largest absolute Gasteiger partial charge is 0.495 e. The van der Waals surface area contributed by atoms with Gasteiger partial charge in [-0.1, -0.05) is 12.1 Å². The summed E-state index contributed by atoms with van der Waals surface area (Å²) in [5, 5.41) is 3.10. The van der Waals surface area contributed by atoms with E-state index in [-0.39, 0.29) is 11.9 Å². The number of rotatable bonds is 5. The first-order chi connectivity index (χ1) is 11.6. The predicted molar refractivity (Wildman–Crippen MR) is 90.1 cm³/mol. The Labute approximate surface area is 139 Å². The fourth-order valence-electron chi connectivity index (χ4n) is 2.71. The normalized spacial score (nSPS) is 17.0. The van der Waals surface area contributed by atoms with Crippen LogP contribution in [0.3, 0.4) is 0 Å². The number of hydrogen-bond donors (Lipinski definition) is 2. The fraction of sp³-hybridized carbons (Fsp3) is 0.235. The molecule has 2 aromatic rings. The Morgan fingerprint density at radius 1 is 1.33 bits per heavy atom. The SMILES string of the molecule is COc1ccccc1N1CCC(Nc2ccc(C(N)=O)cn2)C1=O. The van der Waals surface area contributed by atoms with E-state index in [2.05, 4.69) is 10.3 Å². The van der Waals surface area contributed by atoms with E-state index in [1.807, 2.05) is 24.3 Å². The summed E-state index contributed by atoms with van der Waals surface area (Å²) in [7, 11) is 1.58. The Hall–Kier alpha value is -3.09. The van der Waals surface area contributed by atoms with E-state index in [9.17, 15) is 9.59 Å². The van der Waals surface area contributed by atoms with Gasteiger partial charge >= 0.3 is 0 Å². The summed E-state index contributed by atoms with van der Waals surface area (Å²) in [6.07, 6.45) is 2.04. The zero-order valence-corrected chi connectivity index (χ0v) is 13.2. The molecule has 0 spiro atoms. The van der Waals surface area contributed by atoms with E-state index >= 15 is 0 Å². The molecule has 0 aliphatic carbocycles. The van der Waals surface area contributed by atoms with Gasteiger partial charge in [0.1, 0.15) is 17.6 Å². The van der Waals surface area contributed by atoms with Crippen LogP contribution in [-0.2, 0) is 4.79 Å². The third kappa shape index (κ3) is 3.01. The maximum Gasteiger partial charge on any atom is 0.250 e. The minimum absolute atomic E-state index is 0.0414. The highest BCUT2D eigenvalue weighted by Crippen LogP contribution is 2.31. The second-order valence-electron chi connectivity index (χ2n) is 5.44. The van der Waals surface area contributed by atoms with Crippen LogP contribution in [0.25, 0.3) is 0 Å². The lowest BCUT2D eigenvalue weighted by atomic mass is 10.2. The quantitative estimate of drug-likeness (QED) is 0.866. The van der Waals surface area contributed by atoms with Gasteiger partial charge in [-0.3, -0.25) is 9.59 Å². The minimum atomic E-state index is -0.534. The fourth-order valence-corrected chi connectivity index (χ4v) is 2.71. The average Bonchev–Trinajstić information content (AvgIpc) is 2.96. The molecule has 0 saturated carbocycles. The molecule has 1 aromatic carbocycles. The zero-order chi connectivity index (χ0) is 17.1. The van der Waals surface area contributed by atoms with Crippen molar-refractivity contribution in [3.63, 3.8) is 0 Å². The molecule has 7 heteroatoms. The molecule has 0 bridgehead atoms. The molecule has 2 heterocycles. The Kier molecular flexibility index (Phi) is 4.33. The summed E-state index contributed by atoms with van der Waals surface area (Å²) in [5.41, 5.74) is 6.27. The van der Waals surface area contributed by atoms with Crippen LogP contribution in [0.2, 0.25) is 0 Å². The zero-order valence-electron chi connectivity index (χ0n) is 13.2. The molecule has 1 fully saturated rings. The molecule has 24 heavy (non-hydrogen) atoms. The number of anilines is 2. The number of nitrogens with zero attached hydrogens (tertiary/aromatic N) is 2. The predicted octanol–water partition coefficient (Wildman–Crippen LogP) is 1.41. The maximum absolute atomic E-state index is 12.7. The first kappa shape index (κ1) is 15.8. The summed E-state index contributed by atoms with van der Waals surface area (Å²) in [5.74, 6) is 0.615. The number of carbonyl (C=O) groups excluding carboxylic acids is 2. The van der Waals surface area contributed by atoms with Crippen molar-refractivity contribution in [3.05, 3.63) is 48.2 Å². The molecule has 7 nitrogen and oxygen atoms in total. The van der Waals surface area contributed by atoms with Crippen LogP contribution in [0.1, 0.15) is 16.8 Å². The van der Waals surface area contributed by atoms with E-state index in [1.165, 1.54) is 6.20 Å². The average molecular weight is 326 g/mol. The Balaban J connectivity index is 1.73. The van der Waals surface area contributed by atoms with Crippen LogP contribution in [0.5, 0.6) is 5.75 Å². The Morgan fingerprint density at radius 3 is 2.79 bits per heavy atom. The van der Waals surface area contributed by atoms with Crippen molar-refractivity contribution < 1.29 is 14.3 Å². The third-order valence-corrected chi connectivity index (χ3v) is 3.95. The van der Waals surface area contributed by atoms with Gasteiger partial charge in [0.25, 0.3) is 0 Å². The number of nitrogens with two attached hydrogens (primary N) is 1. The number of aromatic nitrogens is 1. The molecule has 0 radical (unpaired) electrons. The number of hydrogen-bond acceptors (Lipinski definition) is 5. The third-order valence-electron chi connectivity index (χ3n) is 3.95. The van der Waals surface area contributed by atoms with Crippen molar-refractivity contribution >= 4 is 23.3 Å². The van der Waals surface area contributed by atoms with Gasteiger partial charge in [0.15, 0.2) is 0 Å². The number of methoxy groups -OCH3 is 1. The number of carbonyl (C=O) groups is 2. The van der Waals surface area contributed by atoms with Crippen LogP contribution in [0, 0.1) is 0 Å². The molecule has 2 amide bonds. The summed E-state index contributed by atoms with van der Waals surface area (Å²) in [4.78, 5) is 29.5. The monoisotopic (exact) mass is 326 g/mol. The summed E-state index contributed by atoms with van der Waals surface area (Å²) in [6, 6.07) is 10.3. The molecule has 124 valence electrons. The topological polar surface area (TPSA) is 97.6 Å². The molecular weight excluding hydrogens is 308 g/mol. The van der Waals surface area contributed by atoms with Crippen molar-refractivity contribution in [2.75, 3.05) is 23.9 Å². The number of amides is 2. The van der Waals surface area contributed by atoms with Crippen LogP contribution in [0.4, 0.5) is 11.5 Å². The van der Waals surface area contributed by atoms with Gasteiger partial charge in [-0.05, 0) is 30.7 Å². The first-order valence-electron chi connectivity index (χ1n) is 7.57. The van der Waals surface area contributed by atoms with Gasteiger partial charge in [0.2, 0.25) is 11.8 Å². The summed E-state index contributed by atoms with van der Waals surface area (Å²) >= 11 is 0. The molecule has 1 aliphatic heterocycles. The van der Waals surface area contributed by atoms with Crippen molar-refractivity contribution in [2.24, 2.45) is 5.73 Å². The highest BCUT2D eigenvalue weighted by atomic mass is 16.5. The van der Waals surface area contributed by atoms with Gasteiger partial charge in [-0.25, -0.2) is 4.98 Å². The lowest BCUT2D eigenvalue weighted by Gasteiger charge is -2.19. The van der Waals surface area contributed by atoms with E-state index in [0.717, 1.165) is 5.69 Å². The van der Waals surface area contributed by atoms with Gasteiger partial charge in [0, 0.05) is 12.7 Å². The van der Waals surface area contributed by atoms with E-state index in [0.29, 0.717) is 30.1 Å². The smallest absolute Gasteiger partial charge is 0.250 e. The minimum Gasteiger partial charge on any atom is -0.495 e. The molecule has 1 unspecified atom stereocenters. The van der Waals surface area contributed by atoms with Crippen molar-refractivity contribution in [3.8, 4) is 5.75 Å². The van der Waals surface area contributed by atoms with E-state index in [4.69, 9.17) is 10.5 Å². The van der Waals surface area contributed by atoms with Crippen LogP contribution in [-0.4, -0.2) is 36.5 Å². The van der Waals surface area contributed by atoms with Gasteiger partial charge in [-0.2, -0.15) is 0 Å². The lowest BCUT2D eigenvalue weighted by molar-refractivity contribution is -0.117. The maximum atomic E-state index is 12.7. The van der Waals surface area contributed by atoms with Crippen molar-refractivity contribution in [2.45, 2.75) is 12.5 Å². The first-order valence-corrected chi connectivity index (χ1v) is 7.57. The number of primary amides is 1. The van der Waals surface area contributed by atoms with Gasteiger partial charge < -0.3 is 20.7 Å². The molecule has 1 atom stereocenters. The second-order valence-corrected chi connectivity index (χ2v) is 5.44.